The smallest absolute Gasteiger partial charge is 0.129 e. The van der Waals surface area contributed by atoms with Crippen molar-refractivity contribution in [2.75, 3.05) is 10.6 Å². The third-order valence-electron chi connectivity index (χ3n) is 3.15. The van der Waals surface area contributed by atoms with Crippen molar-refractivity contribution < 1.29 is 0 Å². The van der Waals surface area contributed by atoms with Gasteiger partial charge < -0.3 is 10.6 Å². The van der Waals surface area contributed by atoms with Crippen LogP contribution in [0, 0.1) is 11.3 Å². The first-order valence-electron chi connectivity index (χ1n) is 5.74. The van der Waals surface area contributed by atoms with Crippen LogP contribution in [0.15, 0.2) is 36.5 Å². The lowest BCUT2D eigenvalue weighted by Gasteiger charge is -2.15. The molecule has 2 N–H and O–H groups in total. The highest BCUT2D eigenvalue weighted by Gasteiger charge is 2.19. The van der Waals surface area contributed by atoms with E-state index in [1.807, 2.05) is 18.2 Å². The summed E-state index contributed by atoms with van der Waals surface area (Å²) in [4.78, 5) is 6.48. The van der Waals surface area contributed by atoms with Crippen LogP contribution < -0.4 is 10.6 Å². The van der Waals surface area contributed by atoms with Gasteiger partial charge in [0.2, 0.25) is 0 Å². The first-order valence-corrected chi connectivity index (χ1v) is 5.74. The molecule has 3 rings (SSSR count). The SMILES string of the molecule is N#Cc1ccc(N2Cc3ccc(N)cc3C2)nc1. The molecule has 0 saturated carbocycles. The summed E-state index contributed by atoms with van der Waals surface area (Å²) in [6.07, 6.45) is 1.60. The van der Waals surface area contributed by atoms with Crippen molar-refractivity contribution in [2.45, 2.75) is 13.1 Å². The molecule has 1 aromatic heterocycles. The molecule has 2 aromatic rings. The molecule has 0 fully saturated rings. The first kappa shape index (κ1) is 10.6. The summed E-state index contributed by atoms with van der Waals surface area (Å²) in [6.45, 7) is 1.66. The first-order chi connectivity index (χ1) is 8.76. The van der Waals surface area contributed by atoms with E-state index in [0.717, 1.165) is 24.6 Å². The Morgan fingerprint density at radius 2 is 2.00 bits per heavy atom. The summed E-state index contributed by atoms with van der Waals surface area (Å²) in [7, 11) is 0. The van der Waals surface area contributed by atoms with Gasteiger partial charge in [-0.2, -0.15) is 5.26 Å². The fourth-order valence-corrected chi connectivity index (χ4v) is 2.22. The summed E-state index contributed by atoms with van der Waals surface area (Å²) in [5.74, 6) is 0.892. The zero-order valence-electron chi connectivity index (χ0n) is 9.80. The van der Waals surface area contributed by atoms with Crippen LogP contribution in [0.25, 0.3) is 0 Å². The summed E-state index contributed by atoms with van der Waals surface area (Å²) >= 11 is 0. The van der Waals surface area contributed by atoms with E-state index in [1.54, 1.807) is 12.3 Å². The van der Waals surface area contributed by atoms with Gasteiger partial charge in [0, 0.05) is 25.0 Å². The van der Waals surface area contributed by atoms with Gasteiger partial charge in [0.05, 0.1) is 5.56 Å². The van der Waals surface area contributed by atoms with E-state index in [4.69, 9.17) is 11.0 Å². The monoisotopic (exact) mass is 236 g/mol. The maximum Gasteiger partial charge on any atom is 0.129 e. The van der Waals surface area contributed by atoms with Gasteiger partial charge in [-0.3, -0.25) is 0 Å². The van der Waals surface area contributed by atoms with Crippen molar-refractivity contribution in [3.8, 4) is 6.07 Å². The maximum absolute atomic E-state index is 8.75. The average Bonchev–Trinajstić information content (AvgIpc) is 2.81. The van der Waals surface area contributed by atoms with E-state index < -0.39 is 0 Å². The van der Waals surface area contributed by atoms with Gasteiger partial charge in [-0.05, 0) is 35.4 Å². The van der Waals surface area contributed by atoms with Gasteiger partial charge in [0.25, 0.3) is 0 Å². The van der Waals surface area contributed by atoms with E-state index in [9.17, 15) is 0 Å². The number of nitrogen functional groups attached to an aromatic ring is 1. The number of nitriles is 1. The van der Waals surface area contributed by atoms with E-state index in [-0.39, 0.29) is 0 Å². The number of benzene rings is 1. The Hall–Kier alpha value is -2.54. The number of fused-ring (bicyclic) bond motifs is 1. The van der Waals surface area contributed by atoms with Gasteiger partial charge in [-0.15, -0.1) is 0 Å². The van der Waals surface area contributed by atoms with Crippen molar-refractivity contribution in [1.29, 1.82) is 5.26 Å². The van der Waals surface area contributed by atoms with Crippen LogP contribution >= 0.6 is 0 Å². The topological polar surface area (TPSA) is 65.9 Å². The fraction of sp³-hybridized carbons (Fsp3) is 0.143. The quantitative estimate of drug-likeness (QED) is 0.769. The zero-order valence-corrected chi connectivity index (χ0v) is 9.80. The van der Waals surface area contributed by atoms with Gasteiger partial charge in [0.15, 0.2) is 0 Å². The van der Waals surface area contributed by atoms with Crippen molar-refractivity contribution >= 4 is 11.5 Å². The number of pyridine rings is 1. The lowest BCUT2D eigenvalue weighted by atomic mass is 10.1. The van der Waals surface area contributed by atoms with Gasteiger partial charge in [-0.25, -0.2) is 4.98 Å². The number of aromatic nitrogens is 1. The van der Waals surface area contributed by atoms with Crippen LogP contribution in [-0.2, 0) is 13.1 Å². The molecule has 0 spiro atoms. The third kappa shape index (κ3) is 1.76. The predicted molar refractivity (Wildman–Crippen MR) is 69.7 cm³/mol. The molecule has 0 amide bonds. The van der Waals surface area contributed by atoms with E-state index >= 15 is 0 Å². The minimum atomic E-state index is 0.583. The molecule has 18 heavy (non-hydrogen) atoms. The second-order valence-corrected chi connectivity index (χ2v) is 4.40. The van der Waals surface area contributed by atoms with Crippen LogP contribution in [-0.4, -0.2) is 4.98 Å². The van der Waals surface area contributed by atoms with Crippen molar-refractivity contribution in [3.63, 3.8) is 0 Å². The fourth-order valence-electron chi connectivity index (χ4n) is 2.22. The lowest BCUT2D eigenvalue weighted by Crippen LogP contribution is -2.15. The Balaban J connectivity index is 1.87. The molecule has 1 aromatic carbocycles. The number of anilines is 2. The van der Waals surface area contributed by atoms with Crippen molar-refractivity contribution in [1.82, 2.24) is 4.98 Å². The van der Waals surface area contributed by atoms with Crippen LogP contribution in [0.5, 0.6) is 0 Å². The van der Waals surface area contributed by atoms with Gasteiger partial charge >= 0.3 is 0 Å². The largest absolute Gasteiger partial charge is 0.399 e. The number of nitrogens with zero attached hydrogens (tertiary/aromatic N) is 3. The van der Waals surface area contributed by atoms with Crippen LogP contribution in [0.3, 0.4) is 0 Å². The summed E-state index contributed by atoms with van der Waals surface area (Å²) < 4.78 is 0. The minimum Gasteiger partial charge on any atom is -0.399 e. The lowest BCUT2D eigenvalue weighted by molar-refractivity contribution is 0.856. The Labute approximate surface area is 105 Å². The number of rotatable bonds is 1. The Morgan fingerprint density at radius 3 is 2.72 bits per heavy atom. The summed E-state index contributed by atoms with van der Waals surface area (Å²) in [6, 6.07) is 11.7. The molecule has 4 heteroatoms. The molecule has 1 aliphatic rings. The highest BCUT2D eigenvalue weighted by Crippen LogP contribution is 2.28. The highest BCUT2D eigenvalue weighted by molar-refractivity contribution is 5.53. The Bertz CT molecular complexity index is 625. The molecule has 1 aliphatic heterocycles. The van der Waals surface area contributed by atoms with Crippen LogP contribution in [0.2, 0.25) is 0 Å². The van der Waals surface area contributed by atoms with Crippen molar-refractivity contribution in [2.24, 2.45) is 0 Å². The second-order valence-electron chi connectivity index (χ2n) is 4.40. The molecule has 4 nitrogen and oxygen atoms in total. The number of hydrogen-bond donors (Lipinski definition) is 1. The molecular weight excluding hydrogens is 224 g/mol. The molecule has 88 valence electrons. The van der Waals surface area contributed by atoms with E-state index in [1.165, 1.54) is 11.1 Å². The molecule has 0 aliphatic carbocycles. The number of nitrogens with two attached hydrogens (primary N) is 1. The van der Waals surface area contributed by atoms with Crippen molar-refractivity contribution in [3.05, 3.63) is 53.2 Å². The zero-order chi connectivity index (χ0) is 12.5. The Kier molecular flexibility index (Phi) is 2.38. The van der Waals surface area contributed by atoms with E-state index in [2.05, 4.69) is 22.0 Å². The second kappa shape index (κ2) is 4.04. The molecule has 2 heterocycles. The molecule has 0 unspecified atom stereocenters. The van der Waals surface area contributed by atoms with Crippen LogP contribution in [0.4, 0.5) is 11.5 Å². The van der Waals surface area contributed by atoms with Crippen LogP contribution in [0.1, 0.15) is 16.7 Å². The van der Waals surface area contributed by atoms with E-state index in [0.29, 0.717) is 5.56 Å². The normalized spacial score (nSPS) is 13.2. The molecular formula is C14H12N4. The average molecular weight is 236 g/mol. The third-order valence-corrected chi connectivity index (χ3v) is 3.15. The highest BCUT2D eigenvalue weighted by atomic mass is 15.2. The standard InChI is InChI=1S/C14H12N4/c15-6-10-1-4-14(17-7-10)18-8-11-2-3-13(16)5-12(11)9-18/h1-5,7H,8-9,16H2. The molecule has 0 radical (unpaired) electrons. The van der Waals surface area contributed by atoms with Gasteiger partial charge in [0.1, 0.15) is 11.9 Å². The summed E-state index contributed by atoms with van der Waals surface area (Å²) in [5, 5.41) is 8.75. The predicted octanol–water partition coefficient (Wildman–Crippen LogP) is 2.06. The molecule has 0 saturated heterocycles. The maximum atomic E-state index is 8.75. The molecule has 0 bridgehead atoms. The molecule has 0 atom stereocenters. The minimum absolute atomic E-state index is 0.583. The number of hydrogen-bond acceptors (Lipinski definition) is 4. The Morgan fingerprint density at radius 1 is 1.17 bits per heavy atom. The summed E-state index contributed by atoms with van der Waals surface area (Å²) in [5.41, 5.74) is 9.70. The van der Waals surface area contributed by atoms with Gasteiger partial charge in [-0.1, -0.05) is 6.07 Å².